The number of piperidine rings is 1. The third-order valence-corrected chi connectivity index (χ3v) is 9.46. The van der Waals surface area contributed by atoms with Crippen LogP contribution in [0.25, 0.3) is 11.0 Å². The Morgan fingerprint density at radius 2 is 1.73 bits per heavy atom. The van der Waals surface area contributed by atoms with Crippen molar-refractivity contribution in [2.45, 2.75) is 49.2 Å². The number of likely N-dealkylation sites (tertiary alicyclic amines) is 1. The molecule has 2 aliphatic rings. The Bertz CT molecular complexity index is 1750. The predicted molar refractivity (Wildman–Crippen MR) is 127 cm³/mol. The summed E-state index contributed by atoms with van der Waals surface area (Å²) in [4.78, 5) is 18.7. The lowest BCUT2D eigenvalue weighted by Gasteiger charge is -2.38. The molecule has 216 valence electrons. The van der Waals surface area contributed by atoms with Crippen LogP contribution in [0.3, 0.4) is 0 Å². The van der Waals surface area contributed by atoms with Gasteiger partial charge in [0.05, 0.1) is 11.0 Å². The van der Waals surface area contributed by atoms with Crippen LogP contribution in [0, 0.1) is 6.92 Å². The summed E-state index contributed by atoms with van der Waals surface area (Å²) in [5.74, 6) is -1.44. The number of aromatic nitrogens is 2. The third-order valence-electron chi connectivity index (χ3n) is 7.10. The molecule has 2 aromatic carbocycles. The Balaban J connectivity index is 1.47. The highest BCUT2D eigenvalue weighted by Crippen LogP contribution is 2.45. The molecule has 17 heteroatoms. The maximum atomic E-state index is 13.5. The molecule has 9 nitrogen and oxygen atoms in total. The van der Waals surface area contributed by atoms with Gasteiger partial charge in [-0.25, -0.2) is 8.96 Å². The predicted octanol–water partition coefficient (Wildman–Crippen LogP) is 4.22. The van der Waals surface area contributed by atoms with E-state index in [1.165, 1.54) is 36.1 Å². The zero-order valence-electron chi connectivity index (χ0n) is 20.3. The summed E-state index contributed by atoms with van der Waals surface area (Å²) in [5, 5.41) is 0. The van der Waals surface area contributed by atoms with Crippen molar-refractivity contribution in [3.05, 3.63) is 58.9 Å². The highest BCUT2D eigenvalue weighted by Gasteiger charge is 2.50. The third kappa shape index (κ3) is 4.48. The number of halogens is 6. The molecule has 5 rings (SSSR count). The van der Waals surface area contributed by atoms with Crippen molar-refractivity contribution in [1.29, 1.82) is 0 Å². The van der Waals surface area contributed by atoms with Crippen LogP contribution >= 0.6 is 0 Å². The van der Waals surface area contributed by atoms with Crippen molar-refractivity contribution in [3.63, 3.8) is 0 Å². The molecule has 0 radical (unpaired) electrons. The number of benzene rings is 2. The van der Waals surface area contributed by atoms with Gasteiger partial charge in [0.1, 0.15) is 12.1 Å². The van der Waals surface area contributed by atoms with Gasteiger partial charge in [0.15, 0.2) is 0 Å². The van der Waals surface area contributed by atoms with Gasteiger partial charge < -0.3 is 9.08 Å². The first-order valence-corrected chi connectivity index (χ1v) is 14.5. The first-order chi connectivity index (χ1) is 18.4. The first kappa shape index (κ1) is 28.2. The summed E-state index contributed by atoms with van der Waals surface area (Å²) in [5.41, 5.74) is -10.5. The molecule has 1 fully saturated rings. The summed E-state index contributed by atoms with van der Waals surface area (Å²) in [7, 11) is -11.7. The van der Waals surface area contributed by atoms with Crippen LogP contribution in [-0.4, -0.2) is 60.2 Å². The quantitative estimate of drug-likeness (QED) is 0.247. The lowest BCUT2D eigenvalue weighted by atomic mass is 9.88. The molecule has 0 unspecified atom stereocenters. The maximum absolute atomic E-state index is 13.5. The largest absolute Gasteiger partial charge is 0.534 e. The standard InChI is InChI=1S/C23H19F6N3O6S2/c1-12-7-14-9-18-15(16(14)10-20(12)38-40(36,37)23(27,28)29)3-2-6-31(18)21(33)13-4-5-17-19(8-13)32(11-30-17)39(34,35)22(24,25)26/h4-5,7-8,10-11,15,18H,2-3,6,9H2,1H3/t15-,18+/m0/s1. The topological polar surface area (TPSA) is 116 Å². The lowest BCUT2D eigenvalue weighted by molar-refractivity contribution is -0.0500. The number of amides is 1. The van der Waals surface area contributed by atoms with Crippen LogP contribution in [0.1, 0.15) is 45.8 Å². The number of nitrogens with zero attached hydrogens (tertiary/aromatic N) is 3. The number of carbonyl (C=O) groups excluding carboxylic acids is 1. The summed E-state index contributed by atoms with van der Waals surface area (Å²) in [6.07, 6.45) is 1.81. The van der Waals surface area contributed by atoms with Crippen molar-refractivity contribution in [2.24, 2.45) is 0 Å². The van der Waals surface area contributed by atoms with Crippen LogP contribution < -0.4 is 4.18 Å². The zero-order valence-corrected chi connectivity index (χ0v) is 22.0. The smallest absolute Gasteiger partial charge is 0.376 e. The minimum atomic E-state index is -5.90. The van der Waals surface area contributed by atoms with E-state index in [1.54, 1.807) is 0 Å². The number of imidazole rings is 1. The highest BCUT2D eigenvalue weighted by molar-refractivity contribution is 7.91. The number of carbonyl (C=O) groups is 1. The number of rotatable bonds is 4. The Morgan fingerprint density at radius 1 is 1.02 bits per heavy atom. The summed E-state index contributed by atoms with van der Waals surface area (Å²) >= 11 is 0. The molecule has 40 heavy (non-hydrogen) atoms. The second kappa shape index (κ2) is 9.09. The fourth-order valence-electron chi connectivity index (χ4n) is 5.28. The number of hydrogen-bond donors (Lipinski definition) is 0. The summed E-state index contributed by atoms with van der Waals surface area (Å²) in [6, 6.07) is 5.81. The Hall–Kier alpha value is -3.34. The molecule has 1 aromatic heterocycles. The Kier molecular flexibility index (Phi) is 6.41. The molecule has 1 aliphatic carbocycles. The maximum Gasteiger partial charge on any atom is 0.534 e. The van der Waals surface area contributed by atoms with E-state index in [1.807, 2.05) is 0 Å². The van der Waals surface area contributed by atoms with E-state index in [0.717, 1.165) is 6.07 Å². The second-order valence-corrected chi connectivity index (χ2v) is 12.9. The van der Waals surface area contributed by atoms with Crippen LogP contribution in [0.4, 0.5) is 26.3 Å². The average Bonchev–Trinajstić information content (AvgIpc) is 3.43. The van der Waals surface area contributed by atoms with Gasteiger partial charge in [-0.15, -0.1) is 0 Å². The number of hydrogen-bond acceptors (Lipinski definition) is 7. The zero-order chi connectivity index (χ0) is 29.4. The first-order valence-electron chi connectivity index (χ1n) is 11.7. The molecular weight excluding hydrogens is 592 g/mol. The normalized spacial score (nSPS) is 19.9. The molecule has 0 N–H and O–H groups in total. The van der Waals surface area contributed by atoms with E-state index in [-0.39, 0.29) is 33.1 Å². The van der Waals surface area contributed by atoms with Gasteiger partial charge in [0, 0.05) is 24.1 Å². The van der Waals surface area contributed by atoms with Crippen molar-refractivity contribution in [2.75, 3.05) is 6.54 Å². The summed E-state index contributed by atoms with van der Waals surface area (Å²) < 4.78 is 129. The van der Waals surface area contributed by atoms with Gasteiger partial charge in [-0.1, -0.05) is 6.07 Å². The van der Waals surface area contributed by atoms with E-state index in [2.05, 4.69) is 9.17 Å². The van der Waals surface area contributed by atoms with Gasteiger partial charge in [-0.05, 0) is 67.1 Å². The van der Waals surface area contributed by atoms with E-state index >= 15 is 0 Å². The van der Waals surface area contributed by atoms with E-state index < -0.39 is 54.4 Å². The molecule has 3 aromatic rings. The minimum Gasteiger partial charge on any atom is -0.376 e. The minimum absolute atomic E-state index is 0.0388. The number of alkyl halides is 6. The van der Waals surface area contributed by atoms with Crippen LogP contribution in [0.5, 0.6) is 5.75 Å². The molecule has 1 saturated heterocycles. The fraction of sp³-hybridized carbons (Fsp3) is 0.391. The van der Waals surface area contributed by atoms with Crippen molar-refractivity contribution >= 4 is 37.1 Å². The molecule has 1 aliphatic heterocycles. The molecule has 2 heterocycles. The Morgan fingerprint density at radius 3 is 2.38 bits per heavy atom. The average molecular weight is 612 g/mol. The monoisotopic (exact) mass is 611 g/mol. The molecule has 0 saturated carbocycles. The van der Waals surface area contributed by atoms with E-state index in [0.29, 0.717) is 36.7 Å². The van der Waals surface area contributed by atoms with Gasteiger partial charge in [-0.3, -0.25) is 4.79 Å². The van der Waals surface area contributed by atoms with Crippen LogP contribution in [0.15, 0.2) is 36.7 Å². The fourth-order valence-corrected chi connectivity index (χ4v) is 6.59. The van der Waals surface area contributed by atoms with Gasteiger partial charge in [0.25, 0.3) is 5.91 Å². The molecule has 1 amide bonds. The highest BCUT2D eigenvalue weighted by atomic mass is 32.2. The number of aryl methyl sites for hydroxylation is 1. The van der Waals surface area contributed by atoms with Crippen LogP contribution in [-0.2, 0) is 26.6 Å². The molecule has 0 bridgehead atoms. The second-order valence-electron chi connectivity index (χ2n) is 9.51. The lowest BCUT2D eigenvalue weighted by Crippen LogP contribution is -2.46. The van der Waals surface area contributed by atoms with Gasteiger partial charge in [0.2, 0.25) is 0 Å². The number of fused-ring (bicyclic) bond motifs is 4. The molecule has 0 spiro atoms. The van der Waals surface area contributed by atoms with Crippen molar-refractivity contribution in [1.82, 2.24) is 13.9 Å². The SMILES string of the molecule is Cc1cc2c(cc1OS(=O)(=O)C(F)(F)F)[C@@H]1CCCN(C(=O)c3ccc4ncn(S(=O)(=O)C(F)(F)F)c4c3)[C@@H]1C2. The van der Waals surface area contributed by atoms with Crippen LogP contribution in [0.2, 0.25) is 0 Å². The molecular formula is C23H19F6N3O6S2. The van der Waals surface area contributed by atoms with Gasteiger partial charge >= 0.3 is 31.2 Å². The van der Waals surface area contributed by atoms with E-state index in [9.17, 15) is 48.0 Å². The molecule has 2 atom stereocenters. The Labute approximate surface area is 223 Å². The van der Waals surface area contributed by atoms with Gasteiger partial charge in [-0.2, -0.15) is 43.2 Å². The van der Waals surface area contributed by atoms with E-state index in [4.69, 9.17) is 0 Å². The van der Waals surface area contributed by atoms with Crippen molar-refractivity contribution in [3.8, 4) is 5.75 Å². The summed E-state index contributed by atoms with van der Waals surface area (Å²) in [6.45, 7) is 1.65. The van der Waals surface area contributed by atoms with Crippen molar-refractivity contribution < 1.29 is 52.2 Å².